The summed E-state index contributed by atoms with van der Waals surface area (Å²) in [4.78, 5) is 22.3. The number of anilines is 1. The zero-order valence-electron chi connectivity index (χ0n) is 10.1. The molecule has 3 N–H and O–H groups in total. The van der Waals surface area contributed by atoms with Crippen molar-refractivity contribution in [2.75, 3.05) is 5.32 Å². The maximum Gasteiger partial charge on any atom is 0.292 e. The van der Waals surface area contributed by atoms with Gasteiger partial charge in [-0.3, -0.25) is 14.9 Å². The van der Waals surface area contributed by atoms with E-state index in [1.807, 2.05) is 0 Å². The van der Waals surface area contributed by atoms with Crippen LogP contribution in [0, 0.1) is 16.0 Å². The number of nitrogens with zero attached hydrogens (tertiary/aromatic N) is 1. The van der Waals surface area contributed by atoms with Crippen molar-refractivity contribution in [1.29, 1.82) is 0 Å². The highest BCUT2D eigenvalue weighted by atomic mass is 16.6. The molecule has 1 fully saturated rings. The van der Waals surface area contributed by atoms with Gasteiger partial charge >= 0.3 is 0 Å². The molecule has 96 valence electrons. The molecule has 0 aliphatic heterocycles. The molecule has 1 atom stereocenters. The fourth-order valence-electron chi connectivity index (χ4n) is 1.86. The molecule has 0 saturated heterocycles. The average molecular weight is 249 g/mol. The Balaban J connectivity index is 2.19. The number of amides is 1. The van der Waals surface area contributed by atoms with Gasteiger partial charge in [-0.25, -0.2) is 0 Å². The van der Waals surface area contributed by atoms with E-state index in [1.54, 1.807) is 19.1 Å². The standard InChI is InChI=1S/C12H15N3O3/c1-12(13,8-6-7-8)11(16)14-9-4-2-3-5-10(9)15(17)18/h2-5,8H,6-7,13H2,1H3,(H,14,16). The Morgan fingerprint density at radius 1 is 1.50 bits per heavy atom. The van der Waals surface area contributed by atoms with Gasteiger partial charge in [-0.15, -0.1) is 0 Å². The summed E-state index contributed by atoms with van der Waals surface area (Å²) in [7, 11) is 0. The van der Waals surface area contributed by atoms with Crippen LogP contribution < -0.4 is 11.1 Å². The number of nitro benzene ring substituents is 1. The lowest BCUT2D eigenvalue weighted by molar-refractivity contribution is -0.383. The number of hydrogen-bond acceptors (Lipinski definition) is 4. The fraction of sp³-hybridized carbons (Fsp3) is 0.417. The lowest BCUT2D eigenvalue weighted by atomic mass is 9.96. The van der Waals surface area contributed by atoms with E-state index < -0.39 is 10.5 Å². The van der Waals surface area contributed by atoms with Crippen molar-refractivity contribution in [3.05, 3.63) is 34.4 Å². The largest absolute Gasteiger partial charge is 0.319 e. The number of para-hydroxylation sites is 2. The minimum absolute atomic E-state index is 0.127. The van der Waals surface area contributed by atoms with Gasteiger partial charge in [0.2, 0.25) is 5.91 Å². The minimum Gasteiger partial charge on any atom is -0.319 e. The van der Waals surface area contributed by atoms with Crippen LogP contribution in [0.25, 0.3) is 0 Å². The van der Waals surface area contributed by atoms with Crippen molar-refractivity contribution in [3.63, 3.8) is 0 Å². The summed E-state index contributed by atoms with van der Waals surface area (Å²) in [5.74, 6) is -0.209. The molecule has 0 aromatic heterocycles. The Hall–Kier alpha value is -1.95. The summed E-state index contributed by atoms with van der Waals surface area (Å²) >= 11 is 0. The molecule has 1 saturated carbocycles. The highest BCUT2D eigenvalue weighted by Gasteiger charge is 2.44. The predicted octanol–water partition coefficient (Wildman–Crippen LogP) is 1.66. The number of carbonyl (C=O) groups excluding carboxylic acids is 1. The first-order chi connectivity index (χ1) is 8.43. The van der Waals surface area contributed by atoms with E-state index >= 15 is 0 Å². The van der Waals surface area contributed by atoms with Crippen molar-refractivity contribution in [1.82, 2.24) is 0 Å². The van der Waals surface area contributed by atoms with Gasteiger partial charge in [0.05, 0.1) is 10.5 Å². The summed E-state index contributed by atoms with van der Waals surface area (Å²) < 4.78 is 0. The Morgan fingerprint density at radius 2 is 2.11 bits per heavy atom. The number of benzene rings is 1. The number of nitrogens with one attached hydrogen (secondary N) is 1. The Bertz CT molecular complexity index is 495. The molecule has 0 bridgehead atoms. The molecular weight excluding hydrogens is 234 g/mol. The van der Waals surface area contributed by atoms with Crippen molar-refractivity contribution < 1.29 is 9.72 Å². The maximum atomic E-state index is 12.0. The number of carbonyl (C=O) groups is 1. The Kier molecular flexibility index (Phi) is 3.04. The highest BCUT2D eigenvalue weighted by Crippen LogP contribution is 2.39. The first-order valence-electron chi connectivity index (χ1n) is 5.76. The second-order valence-electron chi connectivity index (χ2n) is 4.79. The van der Waals surface area contributed by atoms with Crippen LogP contribution in [0.1, 0.15) is 19.8 Å². The second-order valence-corrected chi connectivity index (χ2v) is 4.79. The second kappa shape index (κ2) is 4.38. The van der Waals surface area contributed by atoms with Crippen molar-refractivity contribution >= 4 is 17.3 Å². The van der Waals surface area contributed by atoms with Gasteiger partial charge < -0.3 is 11.1 Å². The lowest BCUT2D eigenvalue weighted by Gasteiger charge is -2.22. The summed E-state index contributed by atoms with van der Waals surface area (Å²) in [5.41, 5.74) is 5.05. The van der Waals surface area contributed by atoms with Crippen molar-refractivity contribution in [2.24, 2.45) is 11.7 Å². The molecule has 1 amide bonds. The molecule has 0 radical (unpaired) electrons. The van der Waals surface area contributed by atoms with Crippen LogP contribution in [-0.4, -0.2) is 16.4 Å². The highest BCUT2D eigenvalue weighted by molar-refractivity contribution is 5.99. The molecule has 2 rings (SSSR count). The first-order valence-corrected chi connectivity index (χ1v) is 5.76. The molecule has 6 heteroatoms. The first kappa shape index (κ1) is 12.5. The number of rotatable bonds is 4. The van der Waals surface area contributed by atoms with Crippen LogP contribution in [0.4, 0.5) is 11.4 Å². The van der Waals surface area contributed by atoms with E-state index in [-0.39, 0.29) is 23.2 Å². The van der Waals surface area contributed by atoms with Gasteiger partial charge in [0.25, 0.3) is 5.69 Å². The molecule has 18 heavy (non-hydrogen) atoms. The molecule has 1 aromatic carbocycles. The molecule has 0 spiro atoms. The topological polar surface area (TPSA) is 98.3 Å². The summed E-state index contributed by atoms with van der Waals surface area (Å²) in [6.45, 7) is 1.66. The maximum absolute atomic E-state index is 12.0. The smallest absolute Gasteiger partial charge is 0.292 e. The molecular formula is C12H15N3O3. The Labute approximate surface area is 104 Å². The van der Waals surface area contributed by atoms with Gasteiger partial charge in [0.15, 0.2) is 0 Å². The SMILES string of the molecule is CC(N)(C(=O)Nc1ccccc1[N+](=O)[O-])C1CC1. The van der Waals surface area contributed by atoms with Crippen LogP contribution in [0.2, 0.25) is 0 Å². The summed E-state index contributed by atoms with van der Waals surface area (Å²) in [6.07, 6.45) is 1.86. The predicted molar refractivity (Wildman–Crippen MR) is 67.0 cm³/mol. The van der Waals surface area contributed by atoms with E-state index in [4.69, 9.17) is 5.73 Å². The third-order valence-corrected chi connectivity index (χ3v) is 3.26. The van der Waals surface area contributed by atoms with Gasteiger partial charge in [-0.05, 0) is 31.7 Å². The van der Waals surface area contributed by atoms with Gasteiger partial charge in [-0.2, -0.15) is 0 Å². The van der Waals surface area contributed by atoms with Crippen LogP contribution in [0.15, 0.2) is 24.3 Å². The zero-order valence-corrected chi connectivity index (χ0v) is 10.1. The zero-order chi connectivity index (χ0) is 13.3. The molecule has 1 aliphatic rings. The molecule has 1 unspecified atom stereocenters. The van der Waals surface area contributed by atoms with Crippen LogP contribution >= 0.6 is 0 Å². The van der Waals surface area contributed by atoms with Crippen molar-refractivity contribution in [2.45, 2.75) is 25.3 Å². The number of nitrogens with two attached hydrogens (primary N) is 1. The fourth-order valence-corrected chi connectivity index (χ4v) is 1.86. The lowest BCUT2D eigenvalue weighted by Crippen LogP contribution is -2.50. The van der Waals surface area contributed by atoms with E-state index in [2.05, 4.69) is 5.32 Å². The molecule has 0 heterocycles. The third-order valence-electron chi connectivity index (χ3n) is 3.26. The summed E-state index contributed by atoms with van der Waals surface area (Å²) in [6, 6.07) is 6.03. The quantitative estimate of drug-likeness (QED) is 0.626. The Morgan fingerprint density at radius 3 is 2.67 bits per heavy atom. The van der Waals surface area contributed by atoms with E-state index in [1.165, 1.54) is 12.1 Å². The van der Waals surface area contributed by atoms with Crippen molar-refractivity contribution in [3.8, 4) is 0 Å². The molecule has 1 aliphatic carbocycles. The van der Waals surface area contributed by atoms with E-state index in [0.29, 0.717) is 0 Å². The normalized spacial score (nSPS) is 17.9. The van der Waals surface area contributed by atoms with Gasteiger partial charge in [-0.1, -0.05) is 12.1 Å². The minimum atomic E-state index is -0.969. The number of nitro groups is 1. The third kappa shape index (κ3) is 2.33. The van der Waals surface area contributed by atoms with E-state index in [9.17, 15) is 14.9 Å². The average Bonchev–Trinajstić information content (AvgIpc) is 3.13. The van der Waals surface area contributed by atoms with Gasteiger partial charge in [0.1, 0.15) is 5.69 Å². The van der Waals surface area contributed by atoms with Crippen LogP contribution in [0.5, 0.6) is 0 Å². The van der Waals surface area contributed by atoms with Crippen LogP contribution in [0.3, 0.4) is 0 Å². The van der Waals surface area contributed by atoms with E-state index in [0.717, 1.165) is 12.8 Å². The monoisotopic (exact) mass is 249 g/mol. The molecule has 1 aromatic rings. The van der Waals surface area contributed by atoms with Crippen LogP contribution in [-0.2, 0) is 4.79 Å². The number of hydrogen-bond donors (Lipinski definition) is 2. The molecule has 6 nitrogen and oxygen atoms in total. The summed E-state index contributed by atoms with van der Waals surface area (Å²) in [5, 5.41) is 13.4. The van der Waals surface area contributed by atoms with Gasteiger partial charge in [0, 0.05) is 6.07 Å².